The fourth-order valence-corrected chi connectivity index (χ4v) is 2.50. The van der Waals surface area contributed by atoms with Gasteiger partial charge in [-0.25, -0.2) is 4.39 Å². The summed E-state index contributed by atoms with van der Waals surface area (Å²) in [5.41, 5.74) is 1.00. The van der Waals surface area contributed by atoms with Crippen LogP contribution in [0.25, 0.3) is 0 Å². The molecule has 3 nitrogen and oxygen atoms in total. The Kier molecular flexibility index (Phi) is 6.72. The van der Waals surface area contributed by atoms with Gasteiger partial charge in [-0.2, -0.15) is 0 Å². The molecule has 0 aliphatic carbocycles. The number of halogens is 2. The van der Waals surface area contributed by atoms with Crippen molar-refractivity contribution in [2.45, 2.75) is 39.4 Å². The van der Waals surface area contributed by atoms with E-state index in [2.05, 4.69) is 24.1 Å². The van der Waals surface area contributed by atoms with Crippen LogP contribution >= 0.6 is 12.4 Å². The predicted molar refractivity (Wildman–Crippen MR) is 82.2 cm³/mol. The highest BCUT2D eigenvalue weighted by molar-refractivity contribution is 5.85. The van der Waals surface area contributed by atoms with E-state index in [0.29, 0.717) is 24.4 Å². The number of nitrogens with one attached hydrogen (secondary N) is 1. The topological polar surface area (TPSA) is 24.5 Å². The van der Waals surface area contributed by atoms with E-state index in [1.165, 1.54) is 0 Å². The maximum absolute atomic E-state index is 13.8. The van der Waals surface area contributed by atoms with E-state index in [9.17, 15) is 4.39 Å². The Morgan fingerprint density at radius 1 is 1.40 bits per heavy atom. The first kappa shape index (κ1) is 17.2. The fourth-order valence-electron chi connectivity index (χ4n) is 2.50. The monoisotopic (exact) mass is 302 g/mol. The molecular weight excluding hydrogens is 279 g/mol. The molecule has 2 atom stereocenters. The quantitative estimate of drug-likeness (QED) is 0.925. The van der Waals surface area contributed by atoms with Crippen LogP contribution in [0.4, 0.5) is 4.39 Å². The van der Waals surface area contributed by atoms with Crippen molar-refractivity contribution in [3.8, 4) is 5.75 Å². The van der Waals surface area contributed by atoms with Crippen LogP contribution in [-0.4, -0.2) is 36.7 Å². The Labute approximate surface area is 126 Å². The first-order valence-corrected chi connectivity index (χ1v) is 7.00. The number of rotatable bonds is 4. The summed E-state index contributed by atoms with van der Waals surface area (Å²) in [7, 11) is 0. The maximum atomic E-state index is 13.8. The number of ether oxygens (including phenoxy) is 1. The zero-order valence-corrected chi connectivity index (χ0v) is 13.2. The number of benzene rings is 1. The minimum absolute atomic E-state index is 0. The van der Waals surface area contributed by atoms with Crippen molar-refractivity contribution in [2.75, 3.05) is 19.7 Å². The third kappa shape index (κ3) is 4.08. The number of hydrogen-bond acceptors (Lipinski definition) is 3. The van der Waals surface area contributed by atoms with Gasteiger partial charge < -0.3 is 10.1 Å². The SMILES string of the molecule is CCOc1ccc(CN2CCNC(C)C2C)cc1F.Cl. The van der Waals surface area contributed by atoms with Gasteiger partial charge in [0.05, 0.1) is 6.61 Å². The van der Waals surface area contributed by atoms with Crippen molar-refractivity contribution >= 4 is 12.4 Å². The largest absolute Gasteiger partial charge is 0.491 e. The smallest absolute Gasteiger partial charge is 0.165 e. The van der Waals surface area contributed by atoms with E-state index in [4.69, 9.17) is 4.74 Å². The first-order valence-electron chi connectivity index (χ1n) is 7.00. The third-order valence-corrected chi connectivity index (χ3v) is 3.85. The molecule has 1 aromatic carbocycles. The van der Waals surface area contributed by atoms with Crippen molar-refractivity contribution in [3.63, 3.8) is 0 Å². The second-order valence-electron chi connectivity index (χ2n) is 5.15. The van der Waals surface area contributed by atoms with Crippen LogP contribution in [0.1, 0.15) is 26.3 Å². The summed E-state index contributed by atoms with van der Waals surface area (Å²) in [5.74, 6) is 0.0724. The summed E-state index contributed by atoms with van der Waals surface area (Å²) in [6.07, 6.45) is 0. The van der Waals surface area contributed by atoms with Crippen LogP contribution in [-0.2, 0) is 6.54 Å². The molecule has 1 N–H and O–H groups in total. The number of nitrogens with zero attached hydrogens (tertiary/aromatic N) is 1. The predicted octanol–water partition coefficient (Wildman–Crippen LogP) is 2.83. The highest BCUT2D eigenvalue weighted by Gasteiger charge is 2.24. The van der Waals surface area contributed by atoms with E-state index in [1.807, 2.05) is 13.0 Å². The molecule has 0 aromatic heterocycles. The lowest BCUT2D eigenvalue weighted by Crippen LogP contribution is -2.54. The second-order valence-corrected chi connectivity index (χ2v) is 5.15. The average molecular weight is 303 g/mol. The van der Waals surface area contributed by atoms with Gasteiger partial charge in [0.15, 0.2) is 11.6 Å². The molecule has 20 heavy (non-hydrogen) atoms. The van der Waals surface area contributed by atoms with Gasteiger partial charge in [-0.15, -0.1) is 12.4 Å². The molecule has 0 radical (unpaired) electrons. The Bertz CT molecular complexity index is 430. The van der Waals surface area contributed by atoms with Gasteiger partial charge in [0, 0.05) is 31.7 Å². The van der Waals surface area contributed by atoms with Gasteiger partial charge in [0.1, 0.15) is 0 Å². The summed E-state index contributed by atoms with van der Waals surface area (Å²) < 4.78 is 19.0. The summed E-state index contributed by atoms with van der Waals surface area (Å²) in [5, 5.41) is 3.45. The van der Waals surface area contributed by atoms with Crippen molar-refractivity contribution in [2.24, 2.45) is 0 Å². The first-order chi connectivity index (χ1) is 9.11. The van der Waals surface area contributed by atoms with Crippen molar-refractivity contribution in [1.29, 1.82) is 0 Å². The highest BCUT2D eigenvalue weighted by atomic mass is 35.5. The highest BCUT2D eigenvalue weighted by Crippen LogP contribution is 2.20. The van der Waals surface area contributed by atoms with Crippen molar-refractivity contribution in [1.82, 2.24) is 10.2 Å². The molecular formula is C15H24ClFN2O. The van der Waals surface area contributed by atoms with Crippen LogP contribution in [0.3, 0.4) is 0 Å². The van der Waals surface area contributed by atoms with Gasteiger partial charge in [-0.05, 0) is 38.5 Å². The molecule has 1 aromatic rings. The van der Waals surface area contributed by atoms with E-state index < -0.39 is 0 Å². The van der Waals surface area contributed by atoms with Gasteiger partial charge >= 0.3 is 0 Å². The lowest BCUT2D eigenvalue weighted by Gasteiger charge is -2.38. The lowest BCUT2D eigenvalue weighted by atomic mass is 10.1. The van der Waals surface area contributed by atoms with Gasteiger partial charge in [-0.1, -0.05) is 6.07 Å². The van der Waals surface area contributed by atoms with Crippen molar-refractivity contribution < 1.29 is 9.13 Å². The Morgan fingerprint density at radius 2 is 2.15 bits per heavy atom. The van der Waals surface area contributed by atoms with E-state index in [-0.39, 0.29) is 18.2 Å². The van der Waals surface area contributed by atoms with Gasteiger partial charge in [0.2, 0.25) is 0 Å². The maximum Gasteiger partial charge on any atom is 0.165 e. The molecule has 5 heteroatoms. The van der Waals surface area contributed by atoms with Gasteiger partial charge in [0.25, 0.3) is 0 Å². The van der Waals surface area contributed by atoms with Crippen LogP contribution < -0.4 is 10.1 Å². The lowest BCUT2D eigenvalue weighted by molar-refractivity contribution is 0.130. The Balaban J connectivity index is 0.00000200. The standard InChI is InChI=1S/C15H23FN2O.ClH/c1-4-19-15-6-5-13(9-14(15)16)10-18-8-7-17-11(2)12(18)3;/h5-6,9,11-12,17H,4,7-8,10H2,1-3H3;1H. The van der Waals surface area contributed by atoms with Crippen LogP contribution in [0.15, 0.2) is 18.2 Å². The molecule has 2 unspecified atom stereocenters. The minimum Gasteiger partial charge on any atom is -0.491 e. The fraction of sp³-hybridized carbons (Fsp3) is 0.600. The Hall–Kier alpha value is -0.840. The molecule has 1 aliphatic rings. The minimum atomic E-state index is -0.268. The molecule has 0 bridgehead atoms. The summed E-state index contributed by atoms with van der Waals surface area (Å²) >= 11 is 0. The molecule has 1 saturated heterocycles. The van der Waals surface area contributed by atoms with Crippen LogP contribution in [0.2, 0.25) is 0 Å². The molecule has 2 rings (SSSR count). The zero-order chi connectivity index (χ0) is 13.8. The van der Waals surface area contributed by atoms with E-state index >= 15 is 0 Å². The summed E-state index contributed by atoms with van der Waals surface area (Å²) in [4.78, 5) is 2.39. The van der Waals surface area contributed by atoms with Crippen LogP contribution in [0.5, 0.6) is 5.75 Å². The molecule has 1 heterocycles. The van der Waals surface area contributed by atoms with E-state index in [1.54, 1.807) is 12.1 Å². The average Bonchev–Trinajstić information content (AvgIpc) is 2.38. The number of piperazine rings is 1. The number of hydrogen-bond donors (Lipinski definition) is 1. The van der Waals surface area contributed by atoms with Crippen LogP contribution in [0, 0.1) is 5.82 Å². The molecule has 114 valence electrons. The molecule has 0 saturated carbocycles. The summed E-state index contributed by atoms with van der Waals surface area (Å²) in [6, 6.07) is 6.20. The molecule has 1 fully saturated rings. The molecule has 1 aliphatic heterocycles. The second kappa shape index (κ2) is 7.81. The molecule has 0 spiro atoms. The van der Waals surface area contributed by atoms with Crippen molar-refractivity contribution in [3.05, 3.63) is 29.6 Å². The zero-order valence-electron chi connectivity index (χ0n) is 12.4. The third-order valence-electron chi connectivity index (χ3n) is 3.85. The normalized spacial score (nSPS) is 23.2. The summed E-state index contributed by atoms with van der Waals surface area (Å²) in [6.45, 7) is 9.53. The van der Waals surface area contributed by atoms with E-state index in [0.717, 1.165) is 25.2 Å². The molecule has 0 amide bonds. The Morgan fingerprint density at radius 3 is 2.80 bits per heavy atom. The van der Waals surface area contributed by atoms with Gasteiger partial charge in [-0.3, -0.25) is 4.90 Å².